The van der Waals surface area contributed by atoms with Gasteiger partial charge in [0.15, 0.2) is 23.3 Å². The van der Waals surface area contributed by atoms with Crippen LogP contribution >= 0.6 is 0 Å². The van der Waals surface area contributed by atoms with Crippen molar-refractivity contribution < 1.29 is 13.9 Å². The fraction of sp³-hybridized carbons (Fsp3) is 0.583. The molecule has 0 atom stereocenters. The molecule has 19 heavy (non-hydrogen) atoms. The van der Waals surface area contributed by atoms with E-state index in [2.05, 4.69) is 15.7 Å². The molecule has 0 amide bonds. The predicted molar refractivity (Wildman–Crippen MR) is 68.5 cm³/mol. The van der Waals surface area contributed by atoms with Gasteiger partial charge in [0.05, 0.1) is 12.1 Å². The van der Waals surface area contributed by atoms with Gasteiger partial charge in [-0.1, -0.05) is 19.3 Å². The van der Waals surface area contributed by atoms with Gasteiger partial charge in [0.1, 0.15) is 0 Å². The van der Waals surface area contributed by atoms with E-state index in [1.807, 2.05) is 0 Å². The van der Waals surface area contributed by atoms with E-state index < -0.39 is 17.2 Å². The molecule has 0 aromatic carbocycles. The van der Waals surface area contributed by atoms with Crippen LogP contribution in [0.5, 0.6) is 0 Å². The van der Waals surface area contributed by atoms with Crippen molar-refractivity contribution in [3.05, 3.63) is 17.7 Å². The highest BCUT2D eigenvalue weighted by atomic mass is 19.1. The number of halogens is 2. The van der Waals surface area contributed by atoms with E-state index in [-0.39, 0.29) is 18.2 Å². The molecule has 0 spiro atoms. The molecule has 2 rings (SSSR count). The fourth-order valence-electron chi connectivity index (χ4n) is 2.46. The van der Waals surface area contributed by atoms with Gasteiger partial charge < -0.3 is 15.8 Å². The highest BCUT2D eigenvalue weighted by Crippen LogP contribution is 2.32. The van der Waals surface area contributed by atoms with E-state index in [4.69, 9.17) is 5.84 Å². The predicted octanol–water partition coefficient (Wildman–Crippen LogP) is 1.75. The molecule has 0 unspecified atom stereocenters. The number of anilines is 2. The first-order valence-electron chi connectivity index (χ1n) is 6.32. The number of hydrogen-bond acceptors (Lipinski definition) is 5. The second kappa shape index (κ2) is 5.66. The third-order valence-corrected chi connectivity index (χ3v) is 3.56. The van der Waals surface area contributed by atoms with Gasteiger partial charge in [0.25, 0.3) is 0 Å². The summed E-state index contributed by atoms with van der Waals surface area (Å²) in [4.78, 5) is 3.77. The number of pyridine rings is 1. The lowest BCUT2D eigenvalue weighted by atomic mass is 9.82. The number of hydrogen-bond donors (Lipinski definition) is 4. The smallest absolute Gasteiger partial charge is 0.178 e. The number of nitrogens with two attached hydrogens (primary N) is 1. The highest BCUT2D eigenvalue weighted by Gasteiger charge is 2.32. The molecule has 0 radical (unpaired) electrons. The first-order chi connectivity index (χ1) is 9.10. The van der Waals surface area contributed by atoms with E-state index >= 15 is 0 Å². The Hall–Kier alpha value is -1.47. The van der Waals surface area contributed by atoms with Crippen molar-refractivity contribution in [3.8, 4) is 0 Å². The van der Waals surface area contributed by atoms with Gasteiger partial charge in [-0.15, -0.1) is 0 Å². The first kappa shape index (κ1) is 14.0. The summed E-state index contributed by atoms with van der Waals surface area (Å²) in [7, 11) is 0. The second-order valence-electron chi connectivity index (χ2n) is 4.92. The van der Waals surface area contributed by atoms with Crippen LogP contribution in [-0.4, -0.2) is 22.2 Å². The van der Waals surface area contributed by atoms with Crippen LogP contribution in [0.2, 0.25) is 0 Å². The molecule has 1 saturated carbocycles. The summed E-state index contributed by atoms with van der Waals surface area (Å²) in [6, 6.07) is 0.721. The quantitative estimate of drug-likeness (QED) is 0.496. The molecular weight excluding hydrogens is 254 g/mol. The van der Waals surface area contributed by atoms with Gasteiger partial charge in [-0.25, -0.2) is 19.6 Å². The standard InChI is InChI=1S/C12H18F2N4O/c13-8-6-9(14)11(18-15)16-10(8)17-12(7-19)4-2-1-3-5-12/h6,19H,1-5,7,15H2,(H2,16,17,18). The van der Waals surface area contributed by atoms with Gasteiger partial charge in [0.2, 0.25) is 0 Å². The topological polar surface area (TPSA) is 83.2 Å². The number of nitrogens with zero attached hydrogens (tertiary/aromatic N) is 1. The molecule has 1 aromatic rings. The van der Waals surface area contributed by atoms with Crippen molar-refractivity contribution in [2.24, 2.45) is 5.84 Å². The summed E-state index contributed by atoms with van der Waals surface area (Å²) in [5.41, 5.74) is 1.49. The lowest BCUT2D eigenvalue weighted by molar-refractivity contribution is 0.172. The molecule has 0 saturated heterocycles. The molecule has 5 nitrogen and oxygen atoms in total. The first-order valence-corrected chi connectivity index (χ1v) is 6.32. The Labute approximate surface area is 110 Å². The Morgan fingerprint density at radius 1 is 1.21 bits per heavy atom. The van der Waals surface area contributed by atoms with Gasteiger partial charge in [-0.05, 0) is 12.8 Å². The normalized spacial score (nSPS) is 18.1. The van der Waals surface area contributed by atoms with Crippen LogP contribution in [0, 0.1) is 11.6 Å². The molecule has 1 aliphatic rings. The fourth-order valence-corrected chi connectivity index (χ4v) is 2.46. The average molecular weight is 272 g/mol. The van der Waals surface area contributed by atoms with Gasteiger partial charge in [0, 0.05) is 6.07 Å². The maximum Gasteiger partial charge on any atom is 0.178 e. The molecule has 5 N–H and O–H groups in total. The number of nitrogen functional groups attached to an aromatic ring is 1. The van der Waals surface area contributed by atoms with Gasteiger partial charge in [-0.3, -0.25) is 0 Å². The number of aromatic nitrogens is 1. The van der Waals surface area contributed by atoms with E-state index in [0.29, 0.717) is 0 Å². The van der Waals surface area contributed by atoms with E-state index in [9.17, 15) is 13.9 Å². The number of aliphatic hydroxyl groups excluding tert-OH is 1. The maximum absolute atomic E-state index is 13.7. The summed E-state index contributed by atoms with van der Waals surface area (Å²) >= 11 is 0. The van der Waals surface area contributed by atoms with Crippen LogP contribution in [-0.2, 0) is 0 Å². The Bertz CT molecular complexity index is 450. The molecule has 7 heteroatoms. The number of hydrazine groups is 1. The van der Waals surface area contributed by atoms with Crippen molar-refractivity contribution in [2.45, 2.75) is 37.6 Å². The Kier molecular flexibility index (Phi) is 4.16. The minimum Gasteiger partial charge on any atom is -0.394 e. The van der Waals surface area contributed by atoms with Crippen molar-refractivity contribution in [3.63, 3.8) is 0 Å². The van der Waals surface area contributed by atoms with Gasteiger partial charge >= 0.3 is 0 Å². The van der Waals surface area contributed by atoms with Crippen LogP contribution in [0.3, 0.4) is 0 Å². The van der Waals surface area contributed by atoms with Crippen molar-refractivity contribution in [1.82, 2.24) is 4.98 Å². The zero-order valence-corrected chi connectivity index (χ0v) is 10.5. The molecule has 1 heterocycles. The van der Waals surface area contributed by atoms with Crippen molar-refractivity contribution >= 4 is 11.6 Å². The molecule has 1 aliphatic carbocycles. The Balaban J connectivity index is 2.26. The lowest BCUT2D eigenvalue weighted by Gasteiger charge is -2.37. The second-order valence-corrected chi connectivity index (χ2v) is 4.92. The van der Waals surface area contributed by atoms with Crippen molar-refractivity contribution in [1.29, 1.82) is 0 Å². The molecule has 1 fully saturated rings. The SMILES string of the molecule is NNc1nc(NC2(CO)CCCCC2)c(F)cc1F. The average Bonchev–Trinajstić information content (AvgIpc) is 2.43. The Morgan fingerprint density at radius 3 is 2.42 bits per heavy atom. The van der Waals surface area contributed by atoms with E-state index in [0.717, 1.165) is 38.2 Å². The highest BCUT2D eigenvalue weighted by molar-refractivity contribution is 5.48. The summed E-state index contributed by atoms with van der Waals surface area (Å²) < 4.78 is 27.0. The lowest BCUT2D eigenvalue weighted by Crippen LogP contribution is -2.44. The molecule has 0 bridgehead atoms. The number of nitrogens with one attached hydrogen (secondary N) is 2. The summed E-state index contributed by atoms with van der Waals surface area (Å²) in [6.07, 6.45) is 4.47. The molecule has 1 aromatic heterocycles. The monoisotopic (exact) mass is 272 g/mol. The molecule has 0 aliphatic heterocycles. The third-order valence-electron chi connectivity index (χ3n) is 3.56. The van der Waals surface area contributed by atoms with E-state index in [1.54, 1.807) is 0 Å². The van der Waals surface area contributed by atoms with E-state index in [1.165, 1.54) is 0 Å². The largest absolute Gasteiger partial charge is 0.394 e. The minimum atomic E-state index is -0.854. The number of aliphatic hydroxyl groups is 1. The van der Waals surface area contributed by atoms with Crippen molar-refractivity contribution in [2.75, 3.05) is 17.3 Å². The molecule has 106 valence electrons. The third kappa shape index (κ3) is 2.93. The molecular formula is C12H18F2N4O. The van der Waals surface area contributed by atoms with Crippen LogP contribution in [0.25, 0.3) is 0 Å². The maximum atomic E-state index is 13.7. The number of rotatable bonds is 4. The Morgan fingerprint density at radius 2 is 1.84 bits per heavy atom. The summed E-state index contributed by atoms with van der Waals surface area (Å²) in [6.45, 7) is -0.114. The van der Waals surface area contributed by atoms with Gasteiger partial charge in [-0.2, -0.15) is 0 Å². The summed E-state index contributed by atoms with van der Waals surface area (Å²) in [5, 5.41) is 12.5. The summed E-state index contributed by atoms with van der Waals surface area (Å²) in [5.74, 6) is 3.14. The van der Waals surface area contributed by atoms with Crippen LogP contribution < -0.4 is 16.6 Å². The van der Waals surface area contributed by atoms with Crippen LogP contribution in [0.4, 0.5) is 20.4 Å². The zero-order chi connectivity index (χ0) is 13.9. The minimum absolute atomic E-state index is 0.0923. The van der Waals surface area contributed by atoms with Crippen LogP contribution in [0.1, 0.15) is 32.1 Å². The van der Waals surface area contributed by atoms with Crippen LogP contribution in [0.15, 0.2) is 6.07 Å². The zero-order valence-electron chi connectivity index (χ0n) is 10.5.